The molecule has 8 nitrogen and oxygen atoms in total. The van der Waals surface area contributed by atoms with Crippen LogP contribution in [0.15, 0.2) is 77.9 Å². The van der Waals surface area contributed by atoms with E-state index in [2.05, 4.69) is 10.5 Å². The fraction of sp³-hybridized carbons (Fsp3) is 0.0417. The van der Waals surface area contributed by atoms with E-state index in [0.717, 1.165) is 11.6 Å². The predicted octanol–water partition coefficient (Wildman–Crippen LogP) is 4.94. The number of nitrogens with one attached hydrogen (secondary N) is 1. The molecule has 0 atom stereocenters. The van der Waals surface area contributed by atoms with Gasteiger partial charge in [-0.15, -0.1) is 0 Å². The Morgan fingerprint density at radius 3 is 2.58 bits per heavy atom. The van der Waals surface area contributed by atoms with Crippen LogP contribution in [0.1, 0.15) is 27.0 Å². The van der Waals surface area contributed by atoms with Gasteiger partial charge in [0.05, 0.1) is 11.1 Å². The molecule has 0 bridgehead atoms. The zero-order valence-corrected chi connectivity index (χ0v) is 18.2. The van der Waals surface area contributed by atoms with Crippen molar-refractivity contribution in [1.29, 1.82) is 0 Å². The van der Waals surface area contributed by atoms with Gasteiger partial charge in [-0.1, -0.05) is 41.4 Å². The number of hydrazone groups is 1. The number of carbonyl (C=O) groups is 2. The van der Waals surface area contributed by atoms with Crippen LogP contribution in [0, 0.1) is 17.0 Å². The quantitative estimate of drug-likeness (QED) is 0.133. The lowest BCUT2D eigenvalue weighted by Crippen LogP contribution is -2.17. The summed E-state index contributed by atoms with van der Waals surface area (Å²) in [5.74, 6) is -0.935. The highest BCUT2D eigenvalue weighted by Gasteiger charge is 2.09. The van der Waals surface area contributed by atoms with Gasteiger partial charge in [-0.05, 0) is 48.9 Å². The molecule has 3 aromatic carbocycles. The van der Waals surface area contributed by atoms with Crippen molar-refractivity contribution in [3.05, 3.63) is 110 Å². The van der Waals surface area contributed by atoms with Crippen molar-refractivity contribution in [2.45, 2.75) is 6.92 Å². The summed E-state index contributed by atoms with van der Waals surface area (Å²) >= 11 is 6.03. The van der Waals surface area contributed by atoms with Gasteiger partial charge in [0.2, 0.25) is 0 Å². The van der Waals surface area contributed by atoms with Crippen molar-refractivity contribution in [2.24, 2.45) is 5.10 Å². The zero-order valence-electron chi connectivity index (χ0n) is 17.4. The van der Waals surface area contributed by atoms with E-state index < -0.39 is 16.8 Å². The lowest BCUT2D eigenvalue weighted by Gasteiger charge is -2.06. The number of ether oxygens (including phenoxy) is 1. The first kappa shape index (κ1) is 23.4. The molecule has 1 amide bonds. The number of hydrogen-bond acceptors (Lipinski definition) is 6. The predicted molar refractivity (Wildman–Crippen MR) is 125 cm³/mol. The van der Waals surface area contributed by atoms with Crippen molar-refractivity contribution >= 4 is 41.5 Å². The fourth-order valence-corrected chi connectivity index (χ4v) is 2.87. The molecular formula is C24H18ClN3O5. The van der Waals surface area contributed by atoms with Gasteiger partial charge in [-0.3, -0.25) is 14.9 Å². The minimum absolute atomic E-state index is 0.0885. The summed E-state index contributed by atoms with van der Waals surface area (Å²) < 4.78 is 5.33. The molecule has 0 fully saturated rings. The highest BCUT2D eigenvalue weighted by atomic mass is 35.5. The number of nitro groups is 1. The molecule has 0 unspecified atom stereocenters. The van der Waals surface area contributed by atoms with Crippen molar-refractivity contribution < 1.29 is 19.2 Å². The number of rotatable bonds is 7. The smallest absolute Gasteiger partial charge is 0.336 e. The number of carbonyl (C=O) groups excluding carboxylic acids is 2. The summed E-state index contributed by atoms with van der Waals surface area (Å²) in [4.78, 5) is 34.8. The second kappa shape index (κ2) is 10.8. The molecule has 0 heterocycles. The minimum atomic E-state index is -0.706. The Hall–Kier alpha value is -4.30. The molecule has 33 heavy (non-hydrogen) atoms. The van der Waals surface area contributed by atoms with Gasteiger partial charge >= 0.3 is 5.97 Å². The molecule has 1 N–H and O–H groups in total. The largest absolute Gasteiger partial charge is 0.423 e. The summed E-state index contributed by atoms with van der Waals surface area (Å²) in [5, 5.41) is 15.2. The van der Waals surface area contributed by atoms with Crippen LogP contribution in [-0.2, 0) is 4.79 Å². The Balaban J connectivity index is 1.68. The number of nitrogens with zero attached hydrogens (tertiary/aromatic N) is 2. The van der Waals surface area contributed by atoms with Crippen LogP contribution in [0.4, 0.5) is 5.69 Å². The highest BCUT2D eigenvalue weighted by Crippen LogP contribution is 2.22. The lowest BCUT2D eigenvalue weighted by atomic mass is 10.1. The summed E-state index contributed by atoms with van der Waals surface area (Å²) in [6.45, 7) is 1.92. The van der Waals surface area contributed by atoms with Crippen molar-refractivity contribution in [1.82, 2.24) is 5.43 Å². The molecule has 166 valence electrons. The summed E-state index contributed by atoms with van der Waals surface area (Å²) in [7, 11) is 0. The molecule has 0 saturated heterocycles. The molecule has 0 aliphatic carbocycles. The Morgan fingerprint density at radius 2 is 1.85 bits per heavy atom. The van der Waals surface area contributed by atoms with E-state index in [0.29, 0.717) is 21.7 Å². The number of nitro benzene ring substituents is 1. The van der Waals surface area contributed by atoms with Crippen LogP contribution in [0.5, 0.6) is 5.75 Å². The van der Waals surface area contributed by atoms with Gasteiger partial charge in [0.1, 0.15) is 5.75 Å². The summed E-state index contributed by atoms with van der Waals surface area (Å²) in [5.41, 5.74) is 4.63. The highest BCUT2D eigenvalue weighted by molar-refractivity contribution is 6.31. The summed E-state index contributed by atoms with van der Waals surface area (Å²) in [6.07, 6.45) is 3.86. The Labute approximate surface area is 194 Å². The molecule has 0 saturated carbocycles. The molecule has 0 aliphatic rings. The number of non-ortho nitro benzene ring substituents is 1. The minimum Gasteiger partial charge on any atom is -0.423 e. The maximum Gasteiger partial charge on any atom is 0.336 e. The van der Waals surface area contributed by atoms with Gasteiger partial charge in [-0.2, -0.15) is 5.10 Å². The topological polar surface area (TPSA) is 111 Å². The van der Waals surface area contributed by atoms with Crippen molar-refractivity contribution in [3.63, 3.8) is 0 Å². The third-order valence-electron chi connectivity index (χ3n) is 4.36. The SMILES string of the molecule is Cc1ccc(C(=O)N/N=C/c2cc(Cl)ccc2OC(=O)/C=C/c2cccc([N+](=O)[O-])c2)cc1. The van der Waals surface area contributed by atoms with E-state index in [1.165, 1.54) is 48.7 Å². The summed E-state index contributed by atoms with van der Waals surface area (Å²) in [6, 6.07) is 17.4. The van der Waals surface area contributed by atoms with Gasteiger partial charge in [-0.25, -0.2) is 10.2 Å². The number of aryl methyl sites for hydroxylation is 1. The molecule has 3 aromatic rings. The van der Waals surface area contributed by atoms with Crippen LogP contribution in [0.3, 0.4) is 0 Å². The van der Waals surface area contributed by atoms with Gasteiger partial charge in [0.15, 0.2) is 0 Å². The molecular weight excluding hydrogens is 446 g/mol. The normalized spacial score (nSPS) is 11.0. The average molecular weight is 464 g/mol. The first-order valence-electron chi connectivity index (χ1n) is 9.66. The van der Waals surface area contributed by atoms with Crippen LogP contribution in [0.25, 0.3) is 6.08 Å². The third-order valence-corrected chi connectivity index (χ3v) is 4.59. The molecule has 0 aliphatic heterocycles. The van der Waals surface area contributed by atoms with E-state index in [-0.39, 0.29) is 11.4 Å². The van der Waals surface area contributed by atoms with E-state index in [9.17, 15) is 19.7 Å². The molecule has 0 radical (unpaired) electrons. The van der Waals surface area contributed by atoms with Crippen LogP contribution < -0.4 is 10.2 Å². The van der Waals surface area contributed by atoms with Crippen molar-refractivity contribution in [2.75, 3.05) is 0 Å². The van der Waals surface area contributed by atoms with Gasteiger partial charge in [0, 0.05) is 34.4 Å². The first-order chi connectivity index (χ1) is 15.8. The van der Waals surface area contributed by atoms with E-state index in [1.54, 1.807) is 18.2 Å². The molecule has 3 rings (SSSR count). The molecule has 0 aromatic heterocycles. The fourth-order valence-electron chi connectivity index (χ4n) is 2.69. The van der Waals surface area contributed by atoms with Crippen LogP contribution >= 0.6 is 11.6 Å². The standard InChI is InChI=1S/C24H18ClN3O5/c1-16-5-8-18(9-6-16)24(30)27-26-15-19-14-20(25)10-11-22(19)33-23(29)12-7-17-3-2-4-21(13-17)28(31)32/h2-15H,1H3,(H,27,30)/b12-7+,26-15+. The van der Waals surface area contributed by atoms with E-state index in [1.807, 2.05) is 19.1 Å². The third kappa shape index (κ3) is 6.84. The number of esters is 1. The number of amides is 1. The number of benzene rings is 3. The first-order valence-corrected chi connectivity index (χ1v) is 10.0. The van der Waals surface area contributed by atoms with Crippen molar-refractivity contribution in [3.8, 4) is 5.75 Å². The second-order valence-corrected chi connectivity index (χ2v) is 7.29. The number of halogens is 1. The van der Waals surface area contributed by atoms with E-state index in [4.69, 9.17) is 16.3 Å². The average Bonchev–Trinajstić information content (AvgIpc) is 2.80. The maximum absolute atomic E-state index is 12.2. The van der Waals surface area contributed by atoms with Crippen LogP contribution in [-0.4, -0.2) is 23.0 Å². The van der Waals surface area contributed by atoms with Gasteiger partial charge < -0.3 is 4.74 Å². The monoisotopic (exact) mass is 463 g/mol. The lowest BCUT2D eigenvalue weighted by molar-refractivity contribution is -0.384. The second-order valence-electron chi connectivity index (χ2n) is 6.85. The zero-order chi connectivity index (χ0) is 23.8. The maximum atomic E-state index is 12.2. The molecule has 9 heteroatoms. The Kier molecular flexibility index (Phi) is 7.67. The van der Waals surface area contributed by atoms with E-state index >= 15 is 0 Å². The van der Waals surface area contributed by atoms with Crippen LogP contribution in [0.2, 0.25) is 5.02 Å². The number of hydrogen-bond donors (Lipinski definition) is 1. The van der Waals surface area contributed by atoms with Gasteiger partial charge in [0.25, 0.3) is 11.6 Å². The Morgan fingerprint density at radius 1 is 1.09 bits per heavy atom. The Bertz CT molecular complexity index is 1250. The molecule has 0 spiro atoms.